The lowest BCUT2D eigenvalue weighted by atomic mass is 10.1. The molecule has 3 nitrogen and oxygen atoms in total. The molecule has 1 heterocycles. The summed E-state index contributed by atoms with van der Waals surface area (Å²) < 4.78 is 0. The van der Waals surface area contributed by atoms with Crippen molar-refractivity contribution in [3.8, 4) is 0 Å². The number of piperidine rings is 1. The van der Waals surface area contributed by atoms with E-state index in [9.17, 15) is 4.79 Å². The summed E-state index contributed by atoms with van der Waals surface area (Å²) >= 11 is 0. The molecule has 2 rings (SSSR count). The van der Waals surface area contributed by atoms with E-state index in [1.807, 2.05) is 4.90 Å². The Kier molecular flexibility index (Phi) is 3.62. The molecule has 0 aromatic heterocycles. The van der Waals surface area contributed by atoms with Gasteiger partial charge >= 0.3 is 0 Å². The molecule has 0 spiro atoms. The van der Waals surface area contributed by atoms with Crippen molar-refractivity contribution in [3.63, 3.8) is 0 Å². The quantitative estimate of drug-likeness (QED) is 0.743. The number of hydrogen-bond acceptors (Lipinski definition) is 2. The first-order valence-corrected chi connectivity index (χ1v) is 6.27. The minimum Gasteiger partial charge on any atom is -0.342 e. The van der Waals surface area contributed by atoms with Crippen LogP contribution in [0.3, 0.4) is 0 Å². The molecule has 15 heavy (non-hydrogen) atoms. The summed E-state index contributed by atoms with van der Waals surface area (Å²) in [5.41, 5.74) is 0. The van der Waals surface area contributed by atoms with Crippen LogP contribution in [0.25, 0.3) is 0 Å². The number of carbonyl (C=O) groups is 1. The van der Waals surface area contributed by atoms with E-state index in [0.717, 1.165) is 38.5 Å². The summed E-state index contributed by atoms with van der Waals surface area (Å²) in [6, 6.07) is 0.782. The van der Waals surface area contributed by atoms with E-state index >= 15 is 0 Å². The molecule has 2 aliphatic rings. The minimum atomic E-state index is 0.361. The summed E-state index contributed by atoms with van der Waals surface area (Å²) in [7, 11) is 0. The second-order valence-electron chi connectivity index (χ2n) is 5.08. The van der Waals surface area contributed by atoms with Gasteiger partial charge in [0.05, 0.1) is 0 Å². The Morgan fingerprint density at radius 3 is 2.93 bits per heavy atom. The summed E-state index contributed by atoms with van der Waals surface area (Å²) in [6.45, 7) is 5.22. The van der Waals surface area contributed by atoms with Gasteiger partial charge in [0.2, 0.25) is 5.91 Å². The van der Waals surface area contributed by atoms with Crippen molar-refractivity contribution >= 4 is 5.91 Å². The minimum absolute atomic E-state index is 0.361. The van der Waals surface area contributed by atoms with Gasteiger partial charge in [-0.25, -0.2) is 0 Å². The normalized spacial score (nSPS) is 24.3. The van der Waals surface area contributed by atoms with Gasteiger partial charge in [-0.05, 0) is 38.1 Å². The maximum atomic E-state index is 11.6. The SMILES string of the molecule is CC(CNC1CC1)CN1CCCCC1=O. The van der Waals surface area contributed by atoms with Crippen LogP contribution in [0.5, 0.6) is 0 Å². The van der Waals surface area contributed by atoms with E-state index in [0.29, 0.717) is 11.8 Å². The Balaban J connectivity index is 1.66. The van der Waals surface area contributed by atoms with Gasteiger partial charge in [0.15, 0.2) is 0 Å². The number of nitrogens with zero attached hydrogens (tertiary/aromatic N) is 1. The Morgan fingerprint density at radius 2 is 2.27 bits per heavy atom. The molecular formula is C12H22N2O. The van der Waals surface area contributed by atoms with Crippen molar-refractivity contribution in [2.45, 2.75) is 45.1 Å². The Bertz CT molecular complexity index is 226. The van der Waals surface area contributed by atoms with Gasteiger partial charge in [-0.2, -0.15) is 0 Å². The molecule has 1 atom stereocenters. The van der Waals surface area contributed by atoms with Gasteiger partial charge in [0, 0.05) is 25.6 Å². The van der Waals surface area contributed by atoms with Crippen molar-refractivity contribution in [2.24, 2.45) is 5.92 Å². The highest BCUT2D eigenvalue weighted by molar-refractivity contribution is 5.76. The number of likely N-dealkylation sites (tertiary alicyclic amines) is 1. The largest absolute Gasteiger partial charge is 0.342 e. The smallest absolute Gasteiger partial charge is 0.222 e. The number of amides is 1. The predicted octanol–water partition coefficient (Wildman–Crippen LogP) is 1.39. The van der Waals surface area contributed by atoms with Crippen LogP contribution in [-0.4, -0.2) is 36.5 Å². The molecule has 1 amide bonds. The zero-order valence-electron chi connectivity index (χ0n) is 9.67. The molecule has 86 valence electrons. The first-order valence-electron chi connectivity index (χ1n) is 6.27. The molecule has 1 saturated carbocycles. The van der Waals surface area contributed by atoms with E-state index < -0.39 is 0 Å². The number of rotatable bonds is 5. The van der Waals surface area contributed by atoms with Gasteiger partial charge in [0.1, 0.15) is 0 Å². The maximum Gasteiger partial charge on any atom is 0.222 e. The van der Waals surface area contributed by atoms with Crippen molar-refractivity contribution in [1.29, 1.82) is 0 Å². The van der Waals surface area contributed by atoms with E-state index in [-0.39, 0.29) is 0 Å². The van der Waals surface area contributed by atoms with E-state index in [2.05, 4.69) is 12.2 Å². The number of hydrogen-bond donors (Lipinski definition) is 1. The third kappa shape index (κ3) is 3.49. The van der Waals surface area contributed by atoms with Gasteiger partial charge in [0.25, 0.3) is 0 Å². The topological polar surface area (TPSA) is 32.3 Å². The average molecular weight is 210 g/mol. The molecule has 0 aromatic carbocycles. The lowest BCUT2D eigenvalue weighted by Crippen LogP contribution is -2.40. The summed E-state index contributed by atoms with van der Waals surface area (Å²) in [4.78, 5) is 13.6. The molecule has 3 heteroatoms. The molecule has 1 saturated heterocycles. The van der Waals surface area contributed by atoms with Crippen LogP contribution in [0.15, 0.2) is 0 Å². The van der Waals surface area contributed by atoms with Gasteiger partial charge in [-0.1, -0.05) is 6.92 Å². The Hall–Kier alpha value is -0.570. The fourth-order valence-electron chi connectivity index (χ4n) is 2.15. The molecule has 1 aliphatic heterocycles. The van der Waals surface area contributed by atoms with Crippen molar-refractivity contribution in [2.75, 3.05) is 19.6 Å². The number of nitrogens with one attached hydrogen (secondary N) is 1. The standard InChI is InChI=1S/C12H22N2O/c1-10(8-13-11-5-6-11)9-14-7-3-2-4-12(14)15/h10-11,13H,2-9H2,1H3. The Morgan fingerprint density at radius 1 is 1.47 bits per heavy atom. The molecule has 2 fully saturated rings. The van der Waals surface area contributed by atoms with Crippen LogP contribution in [-0.2, 0) is 4.79 Å². The lowest BCUT2D eigenvalue weighted by Gasteiger charge is -2.29. The molecule has 1 N–H and O–H groups in total. The maximum absolute atomic E-state index is 11.6. The van der Waals surface area contributed by atoms with Gasteiger partial charge in [-0.15, -0.1) is 0 Å². The summed E-state index contributed by atoms with van der Waals surface area (Å²) in [5.74, 6) is 0.951. The van der Waals surface area contributed by atoms with Crippen LogP contribution in [0.4, 0.5) is 0 Å². The summed E-state index contributed by atoms with van der Waals surface area (Å²) in [5, 5.41) is 3.52. The first kappa shape index (κ1) is 10.9. The Labute approximate surface area is 92.2 Å². The van der Waals surface area contributed by atoms with Crippen LogP contribution < -0.4 is 5.32 Å². The molecule has 0 aromatic rings. The van der Waals surface area contributed by atoms with E-state index in [4.69, 9.17) is 0 Å². The van der Waals surface area contributed by atoms with Crippen molar-refractivity contribution < 1.29 is 4.79 Å². The lowest BCUT2D eigenvalue weighted by molar-refractivity contribution is -0.133. The highest BCUT2D eigenvalue weighted by Gasteiger charge is 2.23. The second kappa shape index (κ2) is 4.97. The molecule has 0 bridgehead atoms. The molecule has 0 radical (unpaired) electrons. The number of carbonyl (C=O) groups excluding carboxylic acids is 1. The third-order valence-corrected chi connectivity index (χ3v) is 3.29. The molecule has 1 aliphatic carbocycles. The van der Waals surface area contributed by atoms with Crippen LogP contribution in [0, 0.1) is 5.92 Å². The fourth-order valence-corrected chi connectivity index (χ4v) is 2.15. The van der Waals surface area contributed by atoms with Crippen LogP contribution in [0.1, 0.15) is 39.0 Å². The van der Waals surface area contributed by atoms with Crippen LogP contribution in [0.2, 0.25) is 0 Å². The highest BCUT2D eigenvalue weighted by Crippen LogP contribution is 2.19. The fraction of sp³-hybridized carbons (Fsp3) is 0.917. The average Bonchev–Trinajstić information content (AvgIpc) is 3.02. The first-order chi connectivity index (χ1) is 7.25. The van der Waals surface area contributed by atoms with Gasteiger partial charge in [-0.3, -0.25) is 4.79 Å². The third-order valence-electron chi connectivity index (χ3n) is 3.29. The van der Waals surface area contributed by atoms with E-state index in [1.54, 1.807) is 0 Å². The molecular weight excluding hydrogens is 188 g/mol. The zero-order chi connectivity index (χ0) is 10.7. The highest BCUT2D eigenvalue weighted by atomic mass is 16.2. The van der Waals surface area contributed by atoms with Crippen molar-refractivity contribution in [1.82, 2.24) is 10.2 Å². The second-order valence-corrected chi connectivity index (χ2v) is 5.08. The van der Waals surface area contributed by atoms with E-state index in [1.165, 1.54) is 19.3 Å². The van der Waals surface area contributed by atoms with Crippen molar-refractivity contribution in [3.05, 3.63) is 0 Å². The monoisotopic (exact) mass is 210 g/mol. The predicted molar refractivity (Wildman–Crippen MR) is 60.6 cm³/mol. The van der Waals surface area contributed by atoms with Gasteiger partial charge < -0.3 is 10.2 Å². The van der Waals surface area contributed by atoms with Crippen LogP contribution >= 0.6 is 0 Å². The zero-order valence-corrected chi connectivity index (χ0v) is 9.67. The molecule has 1 unspecified atom stereocenters. The summed E-state index contributed by atoms with van der Waals surface area (Å²) in [6.07, 6.45) is 5.73.